The van der Waals surface area contributed by atoms with Crippen LogP contribution >= 0.6 is 0 Å². The molecule has 3 heteroatoms. The Morgan fingerprint density at radius 1 is 1.00 bits per heavy atom. The number of hydrogen-bond acceptors (Lipinski definition) is 2. The second kappa shape index (κ2) is 4.11. The van der Waals surface area contributed by atoms with Gasteiger partial charge >= 0.3 is 0 Å². The number of hydrogen-bond donors (Lipinski definition) is 1. The van der Waals surface area contributed by atoms with E-state index in [0.717, 1.165) is 16.6 Å². The molecule has 0 spiro atoms. The summed E-state index contributed by atoms with van der Waals surface area (Å²) in [6, 6.07) is 15.2. The summed E-state index contributed by atoms with van der Waals surface area (Å²) in [6.07, 6.45) is 0. The average Bonchev–Trinajstić information content (AvgIpc) is 2.39. The van der Waals surface area contributed by atoms with Gasteiger partial charge in [-0.2, -0.15) is 0 Å². The van der Waals surface area contributed by atoms with Gasteiger partial charge < -0.3 is 4.98 Å². The van der Waals surface area contributed by atoms with Gasteiger partial charge in [0.05, 0.1) is 10.9 Å². The molecular weight excluding hydrogens is 224 g/mol. The zero-order valence-electron chi connectivity index (χ0n) is 9.97. The molecule has 3 aromatic rings. The van der Waals surface area contributed by atoms with Crippen LogP contribution < -0.4 is 5.56 Å². The molecule has 0 fully saturated rings. The molecule has 88 valence electrons. The third-order valence-electron chi connectivity index (χ3n) is 3.01. The zero-order valence-corrected chi connectivity index (χ0v) is 9.97. The molecule has 0 saturated heterocycles. The standard InChI is InChI=1S/C15H12N2O/c1-10-6-2-3-7-11(10)14-16-13-9-5-4-8-12(13)15(18)17-14/h2-9H,1H3,(H,16,17,18). The van der Waals surface area contributed by atoms with Crippen molar-refractivity contribution in [3.63, 3.8) is 0 Å². The largest absolute Gasteiger partial charge is 0.306 e. The van der Waals surface area contributed by atoms with Gasteiger partial charge in [0.1, 0.15) is 5.82 Å². The zero-order chi connectivity index (χ0) is 12.5. The lowest BCUT2D eigenvalue weighted by Gasteiger charge is -2.05. The molecule has 1 N–H and O–H groups in total. The summed E-state index contributed by atoms with van der Waals surface area (Å²) in [5.74, 6) is 0.622. The smallest absolute Gasteiger partial charge is 0.259 e. The van der Waals surface area contributed by atoms with E-state index in [4.69, 9.17) is 0 Å². The molecule has 2 aromatic carbocycles. The van der Waals surface area contributed by atoms with Crippen molar-refractivity contribution < 1.29 is 0 Å². The van der Waals surface area contributed by atoms with Crippen molar-refractivity contribution in [2.45, 2.75) is 6.92 Å². The van der Waals surface area contributed by atoms with Gasteiger partial charge in [0.2, 0.25) is 0 Å². The minimum absolute atomic E-state index is 0.0983. The van der Waals surface area contributed by atoms with E-state index in [1.807, 2.05) is 49.4 Å². The summed E-state index contributed by atoms with van der Waals surface area (Å²) < 4.78 is 0. The van der Waals surface area contributed by atoms with Crippen molar-refractivity contribution >= 4 is 10.9 Å². The molecule has 0 radical (unpaired) electrons. The third-order valence-corrected chi connectivity index (χ3v) is 3.01. The molecule has 0 unspecified atom stereocenters. The van der Waals surface area contributed by atoms with Crippen molar-refractivity contribution in [2.24, 2.45) is 0 Å². The van der Waals surface area contributed by atoms with Crippen LogP contribution in [0.4, 0.5) is 0 Å². The Balaban J connectivity index is 2.32. The van der Waals surface area contributed by atoms with Crippen molar-refractivity contribution in [3.05, 3.63) is 64.4 Å². The van der Waals surface area contributed by atoms with Crippen LogP contribution in [0, 0.1) is 6.92 Å². The van der Waals surface area contributed by atoms with Gasteiger partial charge in [-0.25, -0.2) is 4.98 Å². The van der Waals surface area contributed by atoms with Gasteiger partial charge in [-0.3, -0.25) is 4.79 Å². The quantitative estimate of drug-likeness (QED) is 0.706. The molecule has 0 aliphatic heterocycles. The lowest BCUT2D eigenvalue weighted by molar-refractivity contribution is 1.17. The average molecular weight is 236 g/mol. The summed E-state index contributed by atoms with van der Waals surface area (Å²) in [7, 11) is 0. The number of para-hydroxylation sites is 1. The predicted octanol–water partition coefficient (Wildman–Crippen LogP) is 2.90. The van der Waals surface area contributed by atoms with E-state index in [1.165, 1.54) is 0 Å². The van der Waals surface area contributed by atoms with Crippen molar-refractivity contribution in [1.29, 1.82) is 0 Å². The second-order valence-electron chi connectivity index (χ2n) is 4.25. The molecule has 18 heavy (non-hydrogen) atoms. The fourth-order valence-electron chi connectivity index (χ4n) is 2.05. The molecule has 0 bridgehead atoms. The van der Waals surface area contributed by atoms with Crippen LogP contribution in [-0.4, -0.2) is 9.97 Å². The Hall–Kier alpha value is -2.42. The summed E-state index contributed by atoms with van der Waals surface area (Å²) >= 11 is 0. The van der Waals surface area contributed by atoms with Crippen LogP contribution in [0.25, 0.3) is 22.3 Å². The summed E-state index contributed by atoms with van der Waals surface area (Å²) in [4.78, 5) is 19.3. The van der Waals surface area contributed by atoms with Gasteiger partial charge in [-0.1, -0.05) is 36.4 Å². The van der Waals surface area contributed by atoms with Gasteiger partial charge in [0.15, 0.2) is 0 Å². The number of nitrogens with zero attached hydrogens (tertiary/aromatic N) is 1. The maximum absolute atomic E-state index is 12.0. The fraction of sp³-hybridized carbons (Fsp3) is 0.0667. The number of nitrogens with one attached hydrogen (secondary N) is 1. The van der Waals surface area contributed by atoms with E-state index in [2.05, 4.69) is 9.97 Å². The second-order valence-corrected chi connectivity index (χ2v) is 4.25. The fourth-order valence-corrected chi connectivity index (χ4v) is 2.05. The van der Waals surface area contributed by atoms with Gasteiger partial charge in [-0.05, 0) is 24.6 Å². The molecular formula is C15H12N2O. The van der Waals surface area contributed by atoms with Gasteiger partial charge in [0, 0.05) is 5.56 Å². The minimum Gasteiger partial charge on any atom is -0.306 e. The van der Waals surface area contributed by atoms with E-state index in [-0.39, 0.29) is 5.56 Å². The highest BCUT2D eigenvalue weighted by Crippen LogP contribution is 2.19. The summed E-state index contributed by atoms with van der Waals surface area (Å²) in [6.45, 7) is 2.00. The van der Waals surface area contributed by atoms with Crippen LogP contribution in [0.5, 0.6) is 0 Å². The van der Waals surface area contributed by atoms with Crippen LogP contribution in [0.3, 0.4) is 0 Å². The normalized spacial score (nSPS) is 10.7. The number of benzene rings is 2. The van der Waals surface area contributed by atoms with E-state index in [1.54, 1.807) is 6.07 Å². The number of fused-ring (bicyclic) bond motifs is 1. The van der Waals surface area contributed by atoms with Crippen molar-refractivity contribution in [2.75, 3.05) is 0 Å². The van der Waals surface area contributed by atoms with Crippen LogP contribution in [0.15, 0.2) is 53.3 Å². The molecule has 3 rings (SSSR count). The molecule has 0 aliphatic carbocycles. The van der Waals surface area contributed by atoms with Crippen LogP contribution in [0.1, 0.15) is 5.56 Å². The highest BCUT2D eigenvalue weighted by molar-refractivity contribution is 5.79. The van der Waals surface area contributed by atoms with Gasteiger partial charge in [0.25, 0.3) is 5.56 Å². The Morgan fingerprint density at radius 2 is 1.72 bits per heavy atom. The molecule has 3 nitrogen and oxygen atoms in total. The number of H-pyrrole nitrogens is 1. The number of aromatic nitrogens is 2. The Kier molecular flexibility index (Phi) is 2.45. The lowest BCUT2D eigenvalue weighted by Crippen LogP contribution is -2.09. The Bertz CT molecular complexity index is 775. The summed E-state index contributed by atoms with van der Waals surface area (Å²) in [5.41, 5.74) is 2.68. The van der Waals surface area contributed by atoms with E-state index >= 15 is 0 Å². The molecule has 0 saturated carbocycles. The number of aromatic amines is 1. The van der Waals surface area contributed by atoms with Gasteiger partial charge in [-0.15, -0.1) is 0 Å². The Labute approximate surface area is 104 Å². The lowest BCUT2D eigenvalue weighted by atomic mass is 10.1. The van der Waals surface area contributed by atoms with Crippen molar-refractivity contribution in [3.8, 4) is 11.4 Å². The van der Waals surface area contributed by atoms with Crippen LogP contribution in [-0.2, 0) is 0 Å². The van der Waals surface area contributed by atoms with E-state index in [9.17, 15) is 4.79 Å². The van der Waals surface area contributed by atoms with E-state index in [0.29, 0.717) is 11.2 Å². The molecule has 1 aromatic heterocycles. The minimum atomic E-state index is -0.0983. The van der Waals surface area contributed by atoms with Crippen molar-refractivity contribution in [1.82, 2.24) is 9.97 Å². The monoisotopic (exact) mass is 236 g/mol. The first-order valence-corrected chi connectivity index (χ1v) is 5.81. The maximum Gasteiger partial charge on any atom is 0.259 e. The Morgan fingerprint density at radius 3 is 2.56 bits per heavy atom. The maximum atomic E-state index is 12.0. The summed E-state index contributed by atoms with van der Waals surface area (Å²) in [5, 5.41) is 0.620. The highest BCUT2D eigenvalue weighted by Gasteiger charge is 2.06. The molecule has 0 aliphatic rings. The van der Waals surface area contributed by atoms with E-state index < -0.39 is 0 Å². The molecule has 0 amide bonds. The topological polar surface area (TPSA) is 45.8 Å². The van der Waals surface area contributed by atoms with Crippen LogP contribution in [0.2, 0.25) is 0 Å². The molecule has 0 atom stereocenters. The first-order chi connectivity index (χ1) is 8.75. The SMILES string of the molecule is Cc1ccccc1-c1nc2ccccc2c(=O)[nH]1. The predicted molar refractivity (Wildman–Crippen MR) is 72.5 cm³/mol. The number of aryl methyl sites for hydroxylation is 1. The first-order valence-electron chi connectivity index (χ1n) is 5.81. The molecule has 1 heterocycles. The third kappa shape index (κ3) is 1.70. The number of rotatable bonds is 1. The highest BCUT2D eigenvalue weighted by atomic mass is 16.1. The first kappa shape index (κ1) is 10.7.